The van der Waals surface area contributed by atoms with Crippen LogP contribution in [0.25, 0.3) is 0 Å². The van der Waals surface area contributed by atoms with E-state index < -0.39 is 12.8 Å². The van der Waals surface area contributed by atoms with Gasteiger partial charge in [-0.25, -0.2) is 0 Å². The van der Waals surface area contributed by atoms with Gasteiger partial charge in [-0.15, -0.1) is 0 Å². The fraction of sp³-hybridized carbons (Fsp3) is 0.769. The van der Waals surface area contributed by atoms with Crippen molar-refractivity contribution in [3.8, 4) is 0 Å². The molecular weight excluding hydrogens is 271 g/mol. The topological polar surface area (TPSA) is 53.1 Å². The van der Waals surface area contributed by atoms with E-state index in [2.05, 4.69) is 23.7 Å². The molecule has 2 atom stereocenters. The zero-order valence-corrected chi connectivity index (χ0v) is 11.9. The van der Waals surface area contributed by atoms with Gasteiger partial charge in [-0.3, -0.25) is 4.68 Å². The van der Waals surface area contributed by atoms with Crippen LogP contribution in [0.1, 0.15) is 38.4 Å². The minimum atomic E-state index is -4.28. The van der Waals surface area contributed by atoms with Gasteiger partial charge in [0.05, 0.1) is 5.69 Å². The molecule has 0 bridgehead atoms. The van der Waals surface area contributed by atoms with E-state index in [-0.39, 0.29) is 12.6 Å². The maximum atomic E-state index is 11.9. The molecule has 1 aromatic heterocycles. The van der Waals surface area contributed by atoms with Crippen LogP contribution in [0.3, 0.4) is 0 Å². The van der Waals surface area contributed by atoms with E-state index in [1.165, 1.54) is 0 Å². The molecule has 0 amide bonds. The SMILES string of the molecule is CCC(C)n1ccc(CC(N)CCOCC(F)(F)F)n1. The molecule has 2 N–H and O–H groups in total. The van der Waals surface area contributed by atoms with Gasteiger partial charge in [0.1, 0.15) is 6.61 Å². The number of nitrogens with zero attached hydrogens (tertiary/aromatic N) is 2. The van der Waals surface area contributed by atoms with Gasteiger partial charge < -0.3 is 10.5 Å². The highest BCUT2D eigenvalue weighted by atomic mass is 19.4. The standard InChI is InChI=1S/C13H22F3N3O/c1-3-10(2)19-6-4-12(18-19)8-11(17)5-7-20-9-13(14,15)16/h4,6,10-11H,3,5,7-9,17H2,1-2H3. The third-order valence-corrected chi connectivity index (χ3v) is 3.08. The maximum Gasteiger partial charge on any atom is 0.411 e. The fourth-order valence-electron chi connectivity index (χ4n) is 1.71. The average Bonchev–Trinajstić information content (AvgIpc) is 2.81. The Morgan fingerprint density at radius 1 is 1.45 bits per heavy atom. The summed E-state index contributed by atoms with van der Waals surface area (Å²) >= 11 is 0. The van der Waals surface area contributed by atoms with Crippen molar-refractivity contribution in [1.29, 1.82) is 0 Å². The number of aromatic nitrogens is 2. The first-order valence-electron chi connectivity index (χ1n) is 6.76. The van der Waals surface area contributed by atoms with Crippen molar-refractivity contribution in [1.82, 2.24) is 9.78 Å². The van der Waals surface area contributed by atoms with Crippen molar-refractivity contribution in [2.45, 2.75) is 51.4 Å². The molecule has 0 aliphatic carbocycles. The molecule has 0 saturated heterocycles. The molecular formula is C13H22F3N3O. The van der Waals surface area contributed by atoms with Crippen LogP contribution in [0.2, 0.25) is 0 Å². The van der Waals surface area contributed by atoms with E-state index in [1.54, 1.807) is 0 Å². The number of halogens is 3. The normalized spacial score (nSPS) is 15.3. The van der Waals surface area contributed by atoms with Gasteiger partial charge in [-0.2, -0.15) is 18.3 Å². The Labute approximate surface area is 117 Å². The smallest absolute Gasteiger partial charge is 0.372 e. The minimum absolute atomic E-state index is 0.00669. The van der Waals surface area contributed by atoms with Gasteiger partial charge in [0.25, 0.3) is 0 Å². The first-order chi connectivity index (χ1) is 9.31. The molecule has 0 aliphatic heterocycles. The third kappa shape index (κ3) is 6.38. The quantitative estimate of drug-likeness (QED) is 0.750. The second kappa shape index (κ2) is 7.64. The number of hydrogen-bond donors (Lipinski definition) is 1. The molecule has 0 spiro atoms. The van der Waals surface area contributed by atoms with Crippen molar-refractivity contribution in [3.63, 3.8) is 0 Å². The number of rotatable bonds is 8. The summed E-state index contributed by atoms with van der Waals surface area (Å²) in [7, 11) is 0. The second-order valence-corrected chi connectivity index (χ2v) is 4.96. The predicted octanol–water partition coefficient (Wildman–Crippen LogP) is 2.69. The summed E-state index contributed by atoms with van der Waals surface area (Å²) in [6.07, 6.45) is -0.473. The third-order valence-electron chi connectivity index (χ3n) is 3.08. The molecule has 1 aromatic rings. The first-order valence-corrected chi connectivity index (χ1v) is 6.76. The van der Waals surface area contributed by atoms with Crippen LogP contribution < -0.4 is 5.73 Å². The second-order valence-electron chi connectivity index (χ2n) is 4.96. The van der Waals surface area contributed by atoms with Crippen molar-refractivity contribution < 1.29 is 17.9 Å². The molecule has 0 aromatic carbocycles. The lowest BCUT2D eigenvalue weighted by atomic mass is 10.1. The van der Waals surface area contributed by atoms with Crippen molar-refractivity contribution >= 4 is 0 Å². The summed E-state index contributed by atoms with van der Waals surface area (Å²) in [5.74, 6) is 0. The Hall–Kier alpha value is -1.08. The molecule has 0 aliphatic rings. The molecule has 116 valence electrons. The monoisotopic (exact) mass is 293 g/mol. The van der Waals surface area contributed by atoms with E-state index in [4.69, 9.17) is 5.73 Å². The Kier molecular flexibility index (Phi) is 6.48. The van der Waals surface area contributed by atoms with Gasteiger partial charge in [0, 0.05) is 31.3 Å². The van der Waals surface area contributed by atoms with Crippen LogP contribution in [0.15, 0.2) is 12.3 Å². The lowest BCUT2D eigenvalue weighted by Crippen LogP contribution is -2.26. The lowest BCUT2D eigenvalue weighted by molar-refractivity contribution is -0.174. The number of hydrogen-bond acceptors (Lipinski definition) is 3. The molecule has 0 radical (unpaired) electrons. The highest BCUT2D eigenvalue weighted by Gasteiger charge is 2.27. The average molecular weight is 293 g/mol. The Balaban J connectivity index is 2.28. The van der Waals surface area contributed by atoms with Gasteiger partial charge >= 0.3 is 6.18 Å². The van der Waals surface area contributed by atoms with E-state index >= 15 is 0 Å². The summed E-state index contributed by atoms with van der Waals surface area (Å²) in [5.41, 5.74) is 6.72. The van der Waals surface area contributed by atoms with E-state index in [1.807, 2.05) is 16.9 Å². The maximum absolute atomic E-state index is 11.9. The van der Waals surface area contributed by atoms with Gasteiger partial charge in [0.2, 0.25) is 0 Å². The van der Waals surface area contributed by atoms with Crippen LogP contribution in [0, 0.1) is 0 Å². The van der Waals surface area contributed by atoms with Gasteiger partial charge in [-0.1, -0.05) is 6.92 Å². The van der Waals surface area contributed by atoms with E-state index in [0.717, 1.165) is 12.1 Å². The first kappa shape index (κ1) is 17.0. The highest BCUT2D eigenvalue weighted by Crippen LogP contribution is 2.15. The predicted molar refractivity (Wildman–Crippen MR) is 70.4 cm³/mol. The molecule has 7 heteroatoms. The van der Waals surface area contributed by atoms with Crippen LogP contribution >= 0.6 is 0 Å². The Morgan fingerprint density at radius 2 is 2.15 bits per heavy atom. The minimum Gasteiger partial charge on any atom is -0.372 e. The largest absolute Gasteiger partial charge is 0.411 e. The molecule has 1 rings (SSSR count). The number of nitrogens with two attached hydrogens (primary N) is 1. The summed E-state index contributed by atoms with van der Waals surface area (Å²) < 4.78 is 42.0. The molecule has 0 saturated carbocycles. The van der Waals surface area contributed by atoms with Crippen molar-refractivity contribution in [2.75, 3.05) is 13.2 Å². The molecule has 0 fully saturated rings. The van der Waals surface area contributed by atoms with Crippen LogP contribution in [0.5, 0.6) is 0 Å². The lowest BCUT2D eigenvalue weighted by Gasteiger charge is -2.12. The highest BCUT2D eigenvalue weighted by molar-refractivity contribution is 5.01. The summed E-state index contributed by atoms with van der Waals surface area (Å²) in [4.78, 5) is 0. The van der Waals surface area contributed by atoms with E-state index in [0.29, 0.717) is 18.9 Å². The Bertz CT molecular complexity index is 392. The van der Waals surface area contributed by atoms with Gasteiger partial charge in [0.15, 0.2) is 0 Å². The molecule has 1 heterocycles. The number of alkyl halides is 3. The molecule has 4 nitrogen and oxygen atoms in total. The van der Waals surface area contributed by atoms with Crippen LogP contribution in [-0.2, 0) is 11.2 Å². The zero-order chi connectivity index (χ0) is 15.2. The van der Waals surface area contributed by atoms with Crippen molar-refractivity contribution in [2.24, 2.45) is 5.73 Å². The summed E-state index contributed by atoms with van der Waals surface area (Å²) in [6.45, 7) is 2.94. The summed E-state index contributed by atoms with van der Waals surface area (Å²) in [5, 5.41) is 4.40. The van der Waals surface area contributed by atoms with Gasteiger partial charge in [-0.05, 0) is 25.8 Å². The summed E-state index contributed by atoms with van der Waals surface area (Å²) in [6, 6.07) is 1.97. The van der Waals surface area contributed by atoms with Crippen LogP contribution in [0.4, 0.5) is 13.2 Å². The molecule has 2 unspecified atom stereocenters. The van der Waals surface area contributed by atoms with Crippen LogP contribution in [-0.4, -0.2) is 35.2 Å². The number of ether oxygens (including phenoxy) is 1. The molecule has 20 heavy (non-hydrogen) atoms. The fourth-order valence-corrected chi connectivity index (χ4v) is 1.71. The Morgan fingerprint density at radius 3 is 2.75 bits per heavy atom. The van der Waals surface area contributed by atoms with E-state index in [9.17, 15) is 13.2 Å². The van der Waals surface area contributed by atoms with Crippen molar-refractivity contribution in [3.05, 3.63) is 18.0 Å². The zero-order valence-electron chi connectivity index (χ0n) is 11.9.